The third-order valence-electron chi connectivity index (χ3n) is 5.55. The van der Waals surface area contributed by atoms with E-state index in [2.05, 4.69) is 60.3 Å². The molecule has 0 saturated carbocycles. The summed E-state index contributed by atoms with van der Waals surface area (Å²) >= 11 is 0. The van der Waals surface area contributed by atoms with E-state index in [0.29, 0.717) is 29.7 Å². The molecule has 3 aromatic rings. The summed E-state index contributed by atoms with van der Waals surface area (Å²) in [6, 6.07) is 17.4. The molecule has 2 aromatic carbocycles. The number of nitrogens with one attached hydrogen (secondary N) is 1. The maximum Gasteiger partial charge on any atom is 0.258 e. The molecule has 0 fully saturated rings. The predicted octanol–water partition coefficient (Wildman–Crippen LogP) is 4.94. The third kappa shape index (κ3) is 4.15. The fraction of sp³-hybridized carbons (Fsp3) is 0.280. The molecule has 0 saturated heterocycles. The molecule has 1 atom stereocenters. The zero-order valence-electron chi connectivity index (χ0n) is 17.5. The Hall–Kier alpha value is -3.34. The lowest BCUT2D eigenvalue weighted by molar-refractivity contribution is 0.0962. The number of benzene rings is 2. The topological polar surface area (TPSA) is 72.0 Å². The van der Waals surface area contributed by atoms with Crippen molar-refractivity contribution in [2.24, 2.45) is 0 Å². The van der Waals surface area contributed by atoms with Crippen molar-refractivity contribution < 1.29 is 9.59 Å². The standard InChI is InChI=1S/C25H25N3O2/c1-25(2,3)19-11-9-16(10-12-19)18-13-21-20(22(29)14-18)15-26-24(27-21)28-23(30)17-7-5-4-6-8-17/h4-12,15,18H,13-14H2,1-3H3,(H,26,27,28,30)/t18-/m0/s1. The smallest absolute Gasteiger partial charge is 0.258 e. The number of Topliss-reactive ketones (excluding diaryl/α,β-unsaturated/α-hetero) is 1. The molecule has 5 heteroatoms. The van der Waals surface area contributed by atoms with E-state index in [1.807, 2.05) is 6.07 Å². The summed E-state index contributed by atoms with van der Waals surface area (Å²) in [7, 11) is 0. The number of rotatable bonds is 3. The molecule has 0 spiro atoms. The van der Waals surface area contributed by atoms with Crippen LogP contribution in [0.4, 0.5) is 5.95 Å². The van der Waals surface area contributed by atoms with E-state index in [1.165, 1.54) is 11.8 Å². The summed E-state index contributed by atoms with van der Waals surface area (Å²) in [5.41, 5.74) is 4.26. The fourth-order valence-electron chi connectivity index (χ4n) is 3.76. The molecule has 1 aliphatic rings. The van der Waals surface area contributed by atoms with Crippen molar-refractivity contribution in [1.82, 2.24) is 9.97 Å². The molecule has 0 aliphatic heterocycles. The number of carbonyl (C=O) groups excluding carboxylic acids is 2. The van der Waals surface area contributed by atoms with E-state index >= 15 is 0 Å². The van der Waals surface area contributed by atoms with Gasteiger partial charge in [0.25, 0.3) is 5.91 Å². The van der Waals surface area contributed by atoms with Crippen molar-refractivity contribution >= 4 is 17.6 Å². The number of aromatic nitrogens is 2. The van der Waals surface area contributed by atoms with Gasteiger partial charge in [0.15, 0.2) is 5.78 Å². The quantitative estimate of drug-likeness (QED) is 0.677. The molecule has 0 radical (unpaired) electrons. The lowest BCUT2D eigenvalue weighted by Crippen LogP contribution is -2.22. The maximum atomic E-state index is 12.7. The largest absolute Gasteiger partial charge is 0.294 e. The Morgan fingerprint density at radius 3 is 2.37 bits per heavy atom. The second-order valence-corrected chi connectivity index (χ2v) is 8.77. The van der Waals surface area contributed by atoms with Crippen molar-refractivity contribution in [3.8, 4) is 0 Å². The molecule has 1 aliphatic carbocycles. The number of nitrogens with zero attached hydrogens (tertiary/aromatic N) is 2. The van der Waals surface area contributed by atoms with Crippen LogP contribution in [0, 0.1) is 0 Å². The van der Waals surface area contributed by atoms with Gasteiger partial charge < -0.3 is 0 Å². The lowest BCUT2D eigenvalue weighted by atomic mass is 9.80. The van der Waals surface area contributed by atoms with Gasteiger partial charge in [0.2, 0.25) is 5.95 Å². The van der Waals surface area contributed by atoms with E-state index in [0.717, 1.165) is 5.56 Å². The lowest BCUT2D eigenvalue weighted by Gasteiger charge is -2.25. The van der Waals surface area contributed by atoms with E-state index in [9.17, 15) is 9.59 Å². The van der Waals surface area contributed by atoms with Crippen LogP contribution in [0.15, 0.2) is 60.8 Å². The Morgan fingerprint density at radius 2 is 1.70 bits per heavy atom. The normalized spacial score (nSPS) is 16.1. The van der Waals surface area contributed by atoms with Gasteiger partial charge >= 0.3 is 0 Å². The van der Waals surface area contributed by atoms with Gasteiger partial charge in [-0.2, -0.15) is 0 Å². The molecule has 1 aromatic heterocycles. The van der Waals surface area contributed by atoms with Crippen molar-refractivity contribution in [1.29, 1.82) is 0 Å². The average Bonchev–Trinajstić information content (AvgIpc) is 2.73. The van der Waals surface area contributed by atoms with Gasteiger partial charge in [0.1, 0.15) is 0 Å². The number of anilines is 1. The summed E-state index contributed by atoms with van der Waals surface area (Å²) in [6.07, 6.45) is 2.62. The number of amides is 1. The van der Waals surface area contributed by atoms with Gasteiger partial charge in [0.05, 0.1) is 11.3 Å². The highest BCUT2D eigenvalue weighted by Crippen LogP contribution is 2.33. The summed E-state index contributed by atoms with van der Waals surface area (Å²) in [5.74, 6) is 0.0693. The Kier molecular flexibility index (Phi) is 5.20. The van der Waals surface area contributed by atoms with E-state index in [-0.39, 0.29) is 29.0 Å². The summed E-state index contributed by atoms with van der Waals surface area (Å²) in [6.45, 7) is 6.56. The van der Waals surface area contributed by atoms with Crippen molar-refractivity contribution in [2.75, 3.05) is 5.32 Å². The van der Waals surface area contributed by atoms with Crippen LogP contribution in [-0.2, 0) is 11.8 Å². The Balaban J connectivity index is 1.55. The minimum atomic E-state index is -0.271. The Morgan fingerprint density at radius 1 is 1.00 bits per heavy atom. The van der Waals surface area contributed by atoms with Crippen LogP contribution >= 0.6 is 0 Å². The van der Waals surface area contributed by atoms with Gasteiger partial charge in [0, 0.05) is 18.2 Å². The number of fused-ring (bicyclic) bond motifs is 1. The summed E-state index contributed by atoms with van der Waals surface area (Å²) < 4.78 is 0. The van der Waals surface area contributed by atoms with Gasteiger partial charge in [-0.05, 0) is 41.0 Å². The SMILES string of the molecule is CC(C)(C)c1ccc([C@@H]2CC(=O)c3cnc(NC(=O)c4ccccc4)nc3C2)cc1. The molecule has 1 amide bonds. The van der Waals surface area contributed by atoms with E-state index in [4.69, 9.17) is 0 Å². The van der Waals surface area contributed by atoms with Crippen LogP contribution in [0.5, 0.6) is 0 Å². The highest BCUT2D eigenvalue weighted by molar-refractivity contribution is 6.03. The van der Waals surface area contributed by atoms with E-state index in [1.54, 1.807) is 24.3 Å². The molecule has 0 unspecified atom stereocenters. The molecule has 4 rings (SSSR count). The zero-order chi connectivity index (χ0) is 21.3. The summed E-state index contributed by atoms with van der Waals surface area (Å²) in [5, 5.41) is 2.73. The predicted molar refractivity (Wildman–Crippen MR) is 117 cm³/mol. The Bertz CT molecular complexity index is 1080. The van der Waals surface area contributed by atoms with Crippen LogP contribution in [-0.4, -0.2) is 21.7 Å². The molecule has 5 nitrogen and oxygen atoms in total. The van der Waals surface area contributed by atoms with Crippen LogP contribution in [0.3, 0.4) is 0 Å². The molecule has 152 valence electrons. The van der Waals surface area contributed by atoms with Crippen LogP contribution in [0.1, 0.15) is 70.6 Å². The first-order valence-electron chi connectivity index (χ1n) is 10.2. The van der Waals surface area contributed by atoms with Crippen molar-refractivity contribution in [2.45, 2.75) is 44.9 Å². The number of hydrogen-bond acceptors (Lipinski definition) is 4. The molecule has 30 heavy (non-hydrogen) atoms. The number of hydrogen-bond donors (Lipinski definition) is 1. The highest BCUT2D eigenvalue weighted by Gasteiger charge is 2.28. The maximum absolute atomic E-state index is 12.7. The molecule has 1 N–H and O–H groups in total. The molecular formula is C25H25N3O2. The van der Waals surface area contributed by atoms with Crippen molar-refractivity contribution in [3.05, 3.63) is 88.7 Å². The van der Waals surface area contributed by atoms with Crippen LogP contribution in [0.2, 0.25) is 0 Å². The first-order valence-corrected chi connectivity index (χ1v) is 10.2. The van der Waals surface area contributed by atoms with Gasteiger partial charge in [-0.15, -0.1) is 0 Å². The van der Waals surface area contributed by atoms with Gasteiger partial charge in [-0.1, -0.05) is 63.2 Å². The number of carbonyl (C=O) groups is 2. The number of ketones is 1. The van der Waals surface area contributed by atoms with Crippen LogP contribution in [0.25, 0.3) is 0 Å². The minimum absolute atomic E-state index is 0.0436. The molecule has 1 heterocycles. The van der Waals surface area contributed by atoms with E-state index < -0.39 is 0 Å². The first-order chi connectivity index (χ1) is 14.3. The monoisotopic (exact) mass is 399 g/mol. The third-order valence-corrected chi connectivity index (χ3v) is 5.55. The first kappa shape index (κ1) is 20.0. The molecule has 0 bridgehead atoms. The second-order valence-electron chi connectivity index (χ2n) is 8.77. The fourth-order valence-corrected chi connectivity index (χ4v) is 3.76. The summed E-state index contributed by atoms with van der Waals surface area (Å²) in [4.78, 5) is 33.7. The van der Waals surface area contributed by atoms with Crippen molar-refractivity contribution in [3.63, 3.8) is 0 Å². The van der Waals surface area contributed by atoms with Gasteiger partial charge in [-0.3, -0.25) is 14.9 Å². The average molecular weight is 399 g/mol. The minimum Gasteiger partial charge on any atom is -0.294 e. The van der Waals surface area contributed by atoms with Crippen LogP contribution < -0.4 is 5.32 Å². The zero-order valence-corrected chi connectivity index (χ0v) is 17.5. The second kappa shape index (κ2) is 7.82. The van der Waals surface area contributed by atoms with Gasteiger partial charge in [-0.25, -0.2) is 9.97 Å². The highest BCUT2D eigenvalue weighted by atomic mass is 16.1. The Labute approximate surface area is 176 Å². The molecular weight excluding hydrogens is 374 g/mol.